The first-order chi connectivity index (χ1) is 2.27. The van der Waals surface area contributed by atoms with Gasteiger partial charge in [-0.25, -0.2) is 0 Å². The van der Waals surface area contributed by atoms with Gasteiger partial charge in [0.25, 0.3) is 0 Å². The maximum absolute atomic E-state index is 2.17. The van der Waals surface area contributed by atoms with Crippen molar-refractivity contribution in [3.05, 3.63) is 6.42 Å². The van der Waals surface area contributed by atoms with Crippen LogP contribution >= 0.6 is 0 Å². The molecule has 1 heteroatoms. The minimum absolute atomic E-state index is 0. The SMILES string of the molecule is C[CH]C(C)C.[LiH]. The van der Waals surface area contributed by atoms with E-state index in [2.05, 4.69) is 27.2 Å². The fourth-order valence-corrected chi connectivity index (χ4v) is 0. The summed E-state index contributed by atoms with van der Waals surface area (Å²) in [6.45, 7) is 6.41. The summed E-state index contributed by atoms with van der Waals surface area (Å²) in [5, 5.41) is 0. The Morgan fingerprint density at radius 3 is 1.50 bits per heavy atom. The Labute approximate surface area is 52.5 Å². The summed E-state index contributed by atoms with van der Waals surface area (Å²) in [4.78, 5) is 0. The Balaban J connectivity index is 0. The van der Waals surface area contributed by atoms with Gasteiger partial charge in [-0.05, 0) is 12.3 Å². The van der Waals surface area contributed by atoms with Gasteiger partial charge in [-0.2, -0.15) is 0 Å². The van der Waals surface area contributed by atoms with E-state index in [4.69, 9.17) is 0 Å². The Kier molecular flexibility index (Phi) is 9.12. The molecule has 0 fully saturated rings. The van der Waals surface area contributed by atoms with Gasteiger partial charge in [0.05, 0.1) is 0 Å². The molecule has 1 radical (unpaired) electrons. The van der Waals surface area contributed by atoms with Crippen LogP contribution in [0.15, 0.2) is 0 Å². The van der Waals surface area contributed by atoms with Crippen LogP contribution in [0.25, 0.3) is 0 Å². The second-order valence-electron chi connectivity index (χ2n) is 1.58. The normalized spacial score (nSPS) is 8.00. The van der Waals surface area contributed by atoms with Gasteiger partial charge in [0.1, 0.15) is 0 Å². The summed E-state index contributed by atoms with van der Waals surface area (Å²) < 4.78 is 0. The van der Waals surface area contributed by atoms with E-state index in [0.29, 0.717) is 0 Å². The van der Waals surface area contributed by atoms with E-state index < -0.39 is 0 Å². The van der Waals surface area contributed by atoms with Crippen LogP contribution in [0.1, 0.15) is 20.8 Å². The summed E-state index contributed by atoms with van der Waals surface area (Å²) >= 11 is 0. The van der Waals surface area contributed by atoms with Crippen molar-refractivity contribution in [1.82, 2.24) is 0 Å². The molecule has 6 heavy (non-hydrogen) atoms. The van der Waals surface area contributed by atoms with Crippen LogP contribution < -0.4 is 0 Å². The minimum atomic E-state index is 0. The van der Waals surface area contributed by atoms with Crippen molar-refractivity contribution in [1.29, 1.82) is 0 Å². The van der Waals surface area contributed by atoms with Gasteiger partial charge < -0.3 is 0 Å². The maximum atomic E-state index is 2.17. The Bertz CT molecular complexity index is 17.9. The number of hydrogen-bond donors (Lipinski definition) is 0. The molecule has 33 valence electrons. The fourth-order valence-electron chi connectivity index (χ4n) is 0. The molecule has 0 atom stereocenters. The molecule has 0 aromatic rings. The zero-order valence-electron chi connectivity index (χ0n) is 4.15. The van der Waals surface area contributed by atoms with Crippen LogP contribution in [0, 0.1) is 12.3 Å². The van der Waals surface area contributed by atoms with Crippen molar-refractivity contribution in [3.63, 3.8) is 0 Å². The third-order valence-corrected chi connectivity index (χ3v) is 0.667. The van der Waals surface area contributed by atoms with Crippen LogP contribution in [0.2, 0.25) is 0 Å². The summed E-state index contributed by atoms with van der Waals surface area (Å²) in [5.74, 6) is 0.759. The van der Waals surface area contributed by atoms with Gasteiger partial charge in [0, 0.05) is 0 Å². The van der Waals surface area contributed by atoms with E-state index in [9.17, 15) is 0 Å². The number of rotatable bonds is 1. The molecule has 0 spiro atoms. The quantitative estimate of drug-likeness (QED) is 0.414. The first-order valence-corrected chi connectivity index (χ1v) is 2.07. The molecule has 0 bridgehead atoms. The third kappa shape index (κ3) is 8.82. The van der Waals surface area contributed by atoms with Crippen molar-refractivity contribution in [3.8, 4) is 0 Å². The Morgan fingerprint density at radius 2 is 1.50 bits per heavy atom. The average molecular weight is 79.1 g/mol. The zero-order valence-corrected chi connectivity index (χ0v) is 4.15. The van der Waals surface area contributed by atoms with Gasteiger partial charge in [-0.3, -0.25) is 0 Å². The summed E-state index contributed by atoms with van der Waals surface area (Å²) in [6, 6.07) is 0. The monoisotopic (exact) mass is 79.1 g/mol. The molecule has 0 nitrogen and oxygen atoms in total. The first-order valence-electron chi connectivity index (χ1n) is 2.07. The van der Waals surface area contributed by atoms with E-state index >= 15 is 0 Å². The van der Waals surface area contributed by atoms with Gasteiger partial charge in [-0.15, -0.1) is 0 Å². The summed E-state index contributed by atoms with van der Waals surface area (Å²) in [7, 11) is 0. The molecule has 0 aliphatic heterocycles. The van der Waals surface area contributed by atoms with Crippen molar-refractivity contribution >= 4 is 18.9 Å². The van der Waals surface area contributed by atoms with Crippen molar-refractivity contribution in [2.45, 2.75) is 20.8 Å². The van der Waals surface area contributed by atoms with Crippen molar-refractivity contribution < 1.29 is 0 Å². The molecule has 0 aliphatic rings. The van der Waals surface area contributed by atoms with Crippen LogP contribution in [0.5, 0.6) is 0 Å². The predicted octanol–water partition coefficient (Wildman–Crippen LogP) is 1.22. The molecule has 0 N–H and O–H groups in total. The van der Waals surface area contributed by atoms with E-state index in [1.54, 1.807) is 0 Å². The van der Waals surface area contributed by atoms with Gasteiger partial charge in [-0.1, -0.05) is 20.8 Å². The molecule has 0 aromatic heterocycles. The number of hydrogen-bond acceptors (Lipinski definition) is 0. The molecular formula is C5H12Li. The van der Waals surface area contributed by atoms with Crippen LogP contribution in [-0.2, 0) is 0 Å². The molecular weight excluding hydrogens is 67.0 g/mol. The molecule has 0 rings (SSSR count). The first kappa shape index (κ1) is 9.78. The van der Waals surface area contributed by atoms with Crippen molar-refractivity contribution in [2.75, 3.05) is 0 Å². The topological polar surface area (TPSA) is 0 Å². The van der Waals surface area contributed by atoms with E-state index in [1.165, 1.54) is 0 Å². The Hall–Kier alpha value is 0.597. The van der Waals surface area contributed by atoms with Gasteiger partial charge in [0.2, 0.25) is 0 Å². The molecule has 0 saturated heterocycles. The van der Waals surface area contributed by atoms with Crippen LogP contribution in [-0.4, -0.2) is 18.9 Å². The second kappa shape index (κ2) is 5.60. The van der Waals surface area contributed by atoms with Crippen LogP contribution in [0.4, 0.5) is 0 Å². The zero-order chi connectivity index (χ0) is 4.28. The van der Waals surface area contributed by atoms with Gasteiger partial charge >= 0.3 is 18.9 Å². The standard InChI is InChI=1S/C5H11.Li.H/c1-4-5(2)3;;/h4-5H,1-3H3;;. The molecule has 0 aromatic carbocycles. The Morgan fingerprint density at radius 1 is 1.33 bits per heavy atom. The van der Waals surface area contributed by atoms with Gasteiger partial charge in [0.15, 0.2) is 0 Å². The fraction of sp³-hybridized carbons (Fsp3) is 0.800. The van der Waals surface area contributed by atoms with Crippen molar-refractivity contribution in [2.24, 2.45) is 5.92 Å². The molecule has 0 amide bonds. The predicted molar refractivity (Wildman–Crippen MR) is 32.0 cm³/mol. The van der Waals surface area contributed by atoms with E-state index in [0.717, 1.165) is 5.92 Å². The van der Waals surface area contributed by atoms with Crippen LogP contribution in [0.3, 0.4) is 0 Å². The molecule has 0 unspecified atom stereocenters. The van der Waals surface area contributed by atoms with E-state index in [-0.39, 0.29) is 18.9 Å². The second-order valence-corrected chi connectivity index (χ2v) is 1.58. The molecule has 0 heterocycles. The van der Waals surface area contributed by atoms with E-state index in [1.807, 2.05) is 0 Å². The average Bonchev–Trinajstić information content (AvgIpc) is 1.38. The third-order valence-electron chi connectivity index (χ3n) is 0.667. The summed E-state index contributed by atoms with van der Waals surface area (Å²) in [6.07, 6.45) is 2.17. The molecule has 0 saturated carbocycles. The summed E-state index contributed by atoms with van der Waals surface area (Å²) in [5.41, 5.74) is 0. The molecule has 0 aliphatic carbocycles.